The minimum absolute atomic E-state index is 0.130. The molecule has 2 rings (SSSR count). The van der Waals surface area contributed by atoms with Crippen molar-refractivity contribution in [2.75, 3.05) is 25.0 Å². The van der Waals surface area contributed by atoms with E-state index in [1.165, 1.54) is 12.1 Å². The number of nitrogens with one attached hydrogen (secondary N) is 1. The molecule has 17 heavy (non-hydrogen) atoms. The Morgan fingerprint density at radius 2 is 2.12 bits per heavy atom. The molecule has 0 saturated carbocycles. The van der Waals surface area contributed by atoms with E-state index in [9.17, 15) is 8.78 Å². The smallest absolute Gasteiger partial charge is 0.152 e. The van der Waals surface area contributed by atoms with Crippen LogP contribution in [-0.4, -0.2) is 26.2 Å². The third-order valence-corrected chi connectivity index (χ3v) is 3.41. The molecule has 1 aliphatic heterocycles. The molecule has 4 heteroatoms. The first-order chi connectivity index (χ1) is 8.13. The number of piperidine rings is 1. The zero-order valence-electron chi connectivity index (χ0n) is 10.3. The van der Waals surface area contributed by atoms with E-state index in [0.717, 1.165) is 19.4 Å². The molecule has 1 aromatic rings. The summed E-state index contributed by atoms with van der Waals surface area (Å²) in [5.41, 5.74) is 0.623. The Morgan fingerprint density at radius 3 is 2.82 bits per heavy atom. The number of benzene rings is 1. The molecule has 1 heterocycles. The molecular weight excluding hydrogens is 222 g/mol. The van der Waals surface area contributed by atoms with E-state index in [1.54, 1.807) is 6.92 Å². The number of hydrogen-bond donors (Lipinski definition) is 1. The summed E-state index contributed by atoms with van der Waals surface area (Å²) < 4.78 is 27.7. The SMILES string of the molecule is CNC1CCCN(c2c(F)ccc(C)c2F)C1. The van der Waals surface area contributed by atoms with Crippen LogP contribution in [0.2, 0.25) is 0 Å². The molecule has 0 amide bonds. The Morgan fingerprint density at radius 1 is 1.35 bits per heavy atom. The predicted octanol–water partition coefficient (Wildman–Crippen LogP) is 2.46. The van der Waals surface area contributed by atoms with E-state index in [4.69, 9.17) is 0 Å². The van der Waals surface area contributed by atoms with Gasteiger partial charge in [0.15, 0.2) is 5.82 Å². The van der Waals surface area contributed by atoms with Gasteiger partial charge in [-0.2, -0.15) is 0 Å². The number of likely N-dealkylation sites (N-methyl/N-ethyl adjacent to an activating group) is 1. The highest BCUT2D eigenvalue weighted by atomic mass is 19.1. The lowest BCUT2D eigenvalue weighted by Crippen LogP contribution is -2.45. The van der Waals surface area contributed by atoms with Crippen LogP contribution in [0.15, 0.2) is 12.1 Å². The highest BCUT2D eigenvalue weighted by molar-refractivity contribution is 5.52. The van der Waals surface area contributed by atoms with E-state index < -0.39 is 11.6 Å². The summed E-state index contributed by atoms with van der Waals surface area (Å²) in [6.07, 6.45) is 2.01. The minimum atomic E-state index is -0.468. The summed E-state index contributed by atoms with van der Waals surface area (Å²) in [5.74, 6) is -0.897. The van der Waals surface area contributed by atoms with Gasteiger partial charge < -0.3 is 10.2 Å². The van der Waals surface area contributed by atoms with Crippen molar-refractivity contribution in [2.24, 2.45) is 0 Å². The number of halogens is 2. The molecule has 1 fully saturated rings. The normalized spacial score (nSPS) is 20.7. The molecule has 0 aromatic heterocycles. The van der Waals surface area contributed by atoms with Crippen molar-refractivity contribution in [3.63, 3.8) is 0 Å². The summed E-state index contributed by atoms with van der Waals surface area (Å²) in [6.45, 7) is 3.04. The van der Waals surface area contributed by atoms with Crippen LogP contribution in [-0.2, 0) is 0 Å². The number of hydrogen-bond acceptors (Lipinski definition) is 2. The summed E-state index contributed by atoms with van der Waals surface area (Å²) in [7, 11) is 1.89. The van der Waals surface area contributed by atoms with Crippen molar-refractivity contribution >= 4 is 5.69 Å². The van der Waals surface area contributed by atoms with Crippen molar-refractivity contribution in [3.8, 4) is 0 Å². The maximum absolute atomic E-state index is 14.0. The molecule has 0 spiro atoms. The lowest BCUT2D eigenvalue weighted by molar-refractivity contribution is 0.439. The summed E-state index contributed by atoms with van der Waals surface area (Å²) in [4.78, 5) is 1.81. The van der Waals surface area contributed by atoms with E-state index in [2.05, 4.69) is 5.32 Å². The zero-order valence-corrected chi connectivity index (χ0v) is 10.3. The van der Waals surface area contributed by atoms with E-state index in [1.807, 2.05) is 11.9 Å². The fourth-order valence-electron chi connectivity index (χ4n) is 2.35. The fraction of sp³-hybridized carbons (Fsp3) is 0.538. The molecule has 2 nitrogen and oxygen atoms in total. The topological polar surface area (TPSA) is 15.3 Å². The first kappa shape index (κ1) is 12.3. The summed E-state index contributed by atoms with van der Waals surface area (Å²) in [5, 5.41) is 3.17. The molecular formula is C13H18F2N2. The fourth-order valence-corrected chi connectivity index (χ4v) is 2.35. The number of anilines is 1. The van der Waals surface area contributed by atoms with E-state index in [-0.39, 0.29) is 5.69 Å². The highest BCUT2D eigenvalue weighted by Crippen LogP contribution is 2.28. The first-order valence-electron chi connectivity index (χ1n) is 6.00. The molecule has 1 saturated heterocycles. The van der Waals surface area contributed by atoms with Crippen LogP contribution >= 0.6 is 0 Å². The molecule has 1 atom stereocenters. The van der Waals surface area contributed by atoms with Gasteiger partial charge in [-0.05, 0) is 38.4 Å². The second kappa shape index (κ2) is 5.00. The van der Waals surface area contributed by atoms with Crippen molar-refractivity contribution in [1.82, 2.24) is 5.32 Å². The van der Waals surface area contributed by atoms with Crippen LogP contribution in [0.25, 0.3) is 0 Å². The Balaban J connectivity index is 2.30. The van der Waals surface area contributed by atoms with Gasteiger partial charge in [-0.15, -0.1) is 0 Å². The van der Waals surface area contributed by atoms with Crippen molar-refractivity contribution in [3.05, 3.63) is 29.3 Å². The van der Waals surface area contributed by atoms with E-state index >= 15 is 0 Å². The lowest BCUT2D eigenvalue weighted by Gasteiger charge is -2.34. The first-order valence-corrected chi connectivity index (χ1v) is 6.00. The molecule has 0 bridgehead atoms. The molecule has 1 unspecified atom stereocenters. The summed E-state index contributed by atoms with van der Waals surface area (Å²) >= 11 is 0. The zero-order chi connectivity index (χ0) is 12.4. The molecule has 1 N–H and O–H groups in total. The van der Waals surface area contributed by atoms with Gasteiger partial charge in [0.05, 0.1) is 0 Å². The standard InChI is InChI=1S/C13H18F2N2/c1-9-5-6-11(14)13(12(9)15)17-7-3-4-10(8-17)16-2/h5-6,10,16H,3-4,7-8H2,1-2H3. The second-order valence-electron chi connectivity index (χ2n) is 4.60. The lowest BCUT2D eigenvalue weighted by atomic mass is 10.0. The van der Waals surface area contributed by atoms with Gasteiger partial charge in [0, 0.05) is 19.1 Å². The van der Waals surface area contributed by atoms with Gasteiger partial charge in [0.2, 0.25) is 0 Å². The van der Waals surface area contributed by atoms with Gasteiger partial charge >= 0.3 is 0 Å². The molecule has 1 aliphatic rings. The van der Waals surface area contributed by atoms with Crippen LogP contribution in [0.5, 0.6) is 0 Å². The molecule has 0 aliphatic carbocycles. The predicted molar refractivity (Wildman–Crippen MR) is 65.4 cm³/mol. The molecule has 0 radical (unpaired) electrons. The van der Waals surface area contributed by atoms with Crippen LogP contribution < -0.4 is 10.2 Å². The van der Waals surface area contributed by atoms with Crippen LogP contribution in [0.4, 0.5) is 14.5 Å². The second-order valence-corrected chi connectivity index (χ2v) is 4.60. The van der Waals surface area contributed by atoms with Gasteiger partial charge in [-0.3, -0.25) is 0 Å². The molecule has 1 aromatic carbocycles. The number of nitrogens with zero attached hydrogens (tertiary/aromatic N) is 1. The maximum Gasteiger partial charge on any atom is 0.152 e. The quantitative estimate of drug-likeness (QED) is 0.854. The number of rotatable bonds is 2. The van der Waals surface area contributed by atoms with Crippen molar-refractivity contribution in [1.29, 1.82) is 0 Å². The Kier molecular flexibility index (Phi) is 3.62. The largest absolute Gasteiger partial charge is 0.365 e. The Bertz CT molecular complexity index is 407. The Hall–Kier alpha value is -1.16. The molecule has 94 valence electrons. The van der Waals surface area contributed by atoms with Crippen LogP contribution in [0, 0.1) is 18.6 Å². The third kappa shape index (κ3) is 2.41. The monoisotopic (exact) mass is 240 g/mol. The van der Waals surface area contributed by atoms with Gasteiger partial charge in [0.1, 0.15) is 11.5 Å². The van der Waals surface area contributed by atoms with Crippen molar-refractivity contribution in [2.45, 2.75) is 25.8 Å². The average molecular weight is 240 g/mol. The number of aryl methyl sites for hydroxylation is 1. The third-order valence-electron chi connectivity index (χ3n) is 3.41. The van der Waals surface area contributed by atoms with Crippen LogP contribution in [0.3, 0.4) is 0 Å². The maximum atomic E-state index is 14.0. The van der Waals surface area contributed by atoms with Gasteiger partial charge in [-0.1, -0.05) is 6.07 Å². The highest BCUT2D eigenvalue weighted by Gasteiger charge is 2.24. The van der Waals surface area contributed by atoms with Crippen molar-refractivity contribution < 1.29 is 8.78 Å². The van der Waals surface area contributed by atoms with Gasteiger partial charge in [0.25, 0.3) is 0 Å². The average Bonchev–Trinajstić information content (AvgIpc) is 2.35. The van der Waals surface area contributed by atoms with Crippen LogP contribution in [0.1, 0.15) is 18.4 Å². The minimum Gasteiger partial charge on any atom is -0.365 e. The van der Waals surface area contributed by atoms with E-state index in [0.29, 0.717) is 18.2 Å². The Labute approximate surface area is 101 Å². The van der Waals surface area contributed by atoms with Gasteiger partial charge in [-0.25, -0.2) is 8.78 Å². The summed E-state index contributed by atoms with van der Waals surface area (Å²) in [6, 6.07) is 3.13.